The molecule has 0 bridgehead atoms. The Bertz CT molecular complexity index is 360. The maximum atomic E-state index is 5.96. The minimum Gasteiger partial charge on any atom is -0.384 e. The normalized spacial score (nSPS) is 20.4. The van der Waals surface area contributed by atoms with Gasteiger partial charge in [0, 0.05) is 53.5 Å². The number of hydrogen-bond donors (Lipinski definition) is 0. The van der Waals surface area contributed by atoms with Gasteiger partial charge in [0.25, 0.3) is 0 Å². The summed E-state index contributed by atoms with van der Waals surface area (Å²) in [6.45, 7) is 3.03. The number of nitrogens with zero attached hydrogens (tertiary/aromatic N) is 1. The van der Waals surface area contributed by atoms with Crippen molar-refractivity contribution in [2.75, 3.05) is 26.8 Å². The van der Waals surface area contributed by atoms with Crippen LogP contribution >= 0.6 is 34.5 Å². The highest BCUT2D eigenvalue weighted by atomic mass is 127. The molecule has 1 aliphatic heterocycles. The number of benzene rings is 1. The van der Waals surface area contributed by atoms with E-state index in [0.29, 0.717) is 0 Å². The molecule has 0 spiro atoms. The fourth-order valence-corrected chi connectivity index (χ4v) is 3.11. The second-order valence-electron chi connectivity index (χ2n) is 4.63. The standard InChI is InChI=1S/C13H17ClINO/c1-17-10-13(6-8-16(15)9-7-13)11-2-4-12(14)5-3-11/h2-5H,6-10H2,1H3. The van der Waals surface area contributed by atoms with E-state index in [2.05, 4.69) is 38.1 Å². The smallest absolute Gasteiger partial charge is 0.0560 e. The summed E-state index contributed by atoms with van der Waals surface area (Å²) in [5, 5.41) is 0.799. The van der Waals surface area contributed by atoms with E-state index in [1.165, 1.54) is 5.56 Å². The molecule has 1 heterocycles. The Morgan fingerprint density at radius 2 is 1.88 bits per heavy atom. The molecule has 1 aliphatic rings. The van der Waals surface area contributed by atoms with Gasteiger partial charge in [-0.3, -0.25) is 0 Å². The van der Waals surface area contributed by atoms with E-state index in [9.17, 15) is 0 Å². The SMILES string of the molecule is COCC1(c2ccc(Cl)cc2)CCN(I)CC1. The van der Waals surface area contributed by atoms with Crippen LogP contribution in [0.15, 0.2) is 24.3 Å². The van der Waals surface area contributed by atoms with Gasteiger partial charge in [-0.1, -0.05) is 23.7 Å². The zero-order chi connectivity index (χ0) is 12.3. The van der Waals surface area contributed by atoms with E-state index in [1.54, 1.807) is 7.11 Å². The Hall–Kier alpha value is 0.160. The van der Waals surface area contributed by atoms with Crippen LogP contribution in [0.25, 0.3) is 0 Å². The predicted molar refractivity (Wildman–Crippen MR) is 79.8 cm³/mol. The summed E-state index contributed by atoms with van der Waals surface area (Å²) >= 11 is 8.35. The van der Waals surface area contributed by atoms with Crippen LogP contribution in [0.3, 0.4) is 0 Å². The molecule has 0 radical (unpaired) electrons. The number of methoxy groups -OCH3 is 1. The molecule has 0 aliphatic carbocycles. The van der Waals surface area contributed by atoms with Crippen molar-refractivity contribution >= 4 is 34.5 Å². The van der Waals surface area contributed by atoms with Crippen LogP contribution in [-0.2, 0) is 10.2 Å². The van der Waals surface area contributed by atoms with Crippen LogP contribution in [-0.4, -0.2) is 29.9 Å². The molecule has 1 saturated heterocycles. The fourth-order valence-electron chi connectivity index (χ4n) is 2.50. The van der Waals surface area contributed by atoms with Crippen molar-refractivity contribution in [3.8, 4) is 0 Å². The first-order chi connectivity index (χ1) is 8.16. The zero-order valence-electron chi connectivity index (χ0n) is 9.96. The maximum absolute atomic E-state index is 5.96. The van der Waals surface area contributed by atoms with Crippen LogP contribution in [0.1, 0.15) is 18.4 Å². The molecule has 0 N–H and O–H groups in total. The molecule has 0 atom stereocenters. The van der Waals surface area contributed by atoms with E-state index in [-0.39, 0.29) is 5.41 Å². The van der Waals surface area contributed by atoms with Crippen molar-refractivity contribution in [3.63, 3.8) is 0 Å². The summed E-state index contributed by atoms with van der Waals surface area (Å²) in [5.74, 6) is 0. The van der Waals surface area contributed by atoms with Gasteiger partial charge < -0.3 is 4.74 Å². The molecule has 0 unspecified atom stereocenters. The van der Waals surface area contributed by atoms with Gasteiger partial charge in [-0.2, -0.15) is 0 Å². The fraction of sp³-hybridized carbons (Fsp3) is 0.538. The molecule has 1 aromatic rings. The third-order valence-electron chi connectivity index (χ3n) is 3.54. The highest BCUT2D eigenvalue weighted by molar-refractivity contribution is 14.1. The maximum Gasteiger partial charge on any atom is 0.0560 e. The predicted octanol–water partition coefficient (Wildman–Crippen LogP) is 3.67. The number of ether oxygens (including phenoxy) is 1. The molecule has 0 aromatic heterocycles. The first-order valence-corrected chi connectivity index (χ1v) is 7.16. The lowest BCUT2D eigenvalue weighted by Crippen LogP contribution is -2.41. The Morgan fingerprint density at radius 1 is 1.29 bits per heavy atom. The van der Waals surface area contributed by atoms with E-state index in [0.717, 1.165) is 37.6 Å². The highest BCUT2D eigenvalue weighted by Gasteiger charge is 2.35. The Kier molecular flexibility index (Phi) is 4.69. The topological polar surface area (TPSA) is 12.5 Å². The molecule has 2 rings (SSSR count). The average Bonchev–Trinajstić information content (AvgIpc) is 2.34. The molecule has 17 heavy (non-hydrogen) atoms. The number of hydrogen-bond acceptors (Lipinski definition) is 2. The summed E-state index contributed by atoms with van der Waals surface area (Å²) in [6.07, 6.45) is 2.29. The lowest BCUT2D eigenvalue weighted by Gasteiger charge is -2.40. The van der Waals surface area contributed by atoms with Crippen molar-refractivity contribution in [1.82, 2.24) is 3.11 Å². The molecular formula is C13H17ClINO. The Morgan fingerprint density at radius 3 is 2.41 bits per heavy atom. The van der Waals surface area contributed by atoms with Gasteiger partial charge in [0.1, 0.15) is 0 Å². The minimum atomic E-state index is 0.168. The second-order valence-corrected chi connectivity index (χ2v) is 6.43. The summed E-state index contributed by atoms with van der Waals surface area (Å²) in [5.41, 5.74) is 1.52. The van der Waals surface area contributed by atoms with Crippen molar-refractivity contribution in [2.45, 2.75) is 18.3 Å². The molecule has 1 fully saturated rings. The van der Waals surface area contributed by atoms with Gasteiger partial charge in [-0.25, -0.2) is 3.11 Å². The summed E-state index contributed by atoms with van der Waals surface area (Å²) in [4.78, 5) is 0. The largest absolute Gasteiger partial charge is 0.384 e. The van der Waals surface area contributed by atoms with Crippen LogP contribution in [0.5, 0.6) is 0 Å². The third kappa shape index (κ3) is 3.13. The lowest BCUT2D eigenvalue weighted by molar-refractivity contribution is 0.0979. The molecule has 94 valence electrons. The van der Waals surface area contributed by atoms with Gasteiger partial charge in [0.2, 0.25) is 0 Å². The molecule has 0 amide bonds. The summed E-state index contributed by atoms with van der Waals surface area (Å²) in [7, 11) is 1.79. The quantitative estimate of drug-likeness (QED) is 0.598. The molecular weight excluding hydrogens is 349 g/mol. The van der Waals surface area contributed by atoms with Gasteiger partial charge in [0.05, 0.1) is 6.61 Å². The molecule has 4 heteroatoms. The first kappa shape index (κ1) is 13.6. The van der Waals surface area contributed by atoms with E-state index >= 15 is 0 Å². The monoisotopic (exact) mass is 365 g/mol. The zero-order valence-corrected chi connectivity index (χ0v) is 12.9. The first-order valence-electron chi connectivity index (χ1n) is 5.82. The van der Waals surface area contributed by atoms with Crippen LogP contribution < -0.4 is 0 Å². The molecule has 1 aromatic carbocycles. The van der Waals surface area contributed by atoms with Crippen LogP contribution in [0.2, 0.25) is 5.02 Å². The summed E-state index contributed by atoms with van der Waals surface area (Å²) < 4.78 is 7.80. The van der Waals surface area contributed by atoms with E-state index < -0.39 is 0 Å². The van der Waals surface area contributed by atoms with Crippen molar-refractivity contribution in [3.05, 3.63) is 34.9 Å². The lowest BCUT2D eigenvalue weighted by atomic mass is 9.74. The average molecular weight is 366 g/mol. The second kappa shape index (κ2) is 5.87. The summed E-state index contributed by atoms with van der Waals surface area (Å²) in [6, 6.07) is 8.24. The highest BCUT2D eigenvalue weighted by Crippen LogP contribution is 2.37. The number of rotatable bonds is 3. The van der Waals surface area contributed by atoms with Crippen molar-refractivity contribution in [1.29, 1.82) is 0 Å². The van der Waals surface area contributed by atoms with Gasteiger partial charge in [-0.15, -0.1) is 0 Å². The van der Waals surface area contributed by atoms with Crippen molar-refractivity contribution in [2.24, 2.45) is 0 Å². The number of piperidine rings is 1. The third-order valence-corrected chi connectivity index (χ3v) is 4.76. The van der Waals surface area contributed by atoms with Crippen molar-refractivity contribution < 1.29 is 4.74 Å². The van der Waals surface area contributed by atoms with Gasteiger partial charge in [-0.05, 0) is 30.5 Å². The van der Waals surface area contributed by atoms with E-state index in [4.69, 9.17) is 16.3 Å². The van der Waals surface area contributed by atoms with E-state index in [1.807, 2.05) is 12.1 Å². The molecule has 0 saturated carbocycles. The van der Waals surface area contributed by atoms with Crippen LogP contribution in [0.4, 0.5) is 0 Å². The minimum absolute atomic E-state index is 0.168. The van der Waals surface area contributed by atoms with Gasteiger partial charge in [0.15, 0.2) is 0 Å². The molecule has 2 nitrogen and oxygen atoms in total. The Labute approximate surface area is 122 Å². The van der Waals surface area contributed by atoms with Gasteiger partial charge >= 0.3 is 0 Å². The Balaban J connectivity index is 2.24. The number of halogens is 2. The van der Waals surface area contributed by atoms with Crippen LogP contribution in [0, 0.1) is 0 Å².